The number of fused-ring (bicyclic) bond motifs is 6. The predicted octanol–water partition coefficient (Wildman–Crippen LogP) is 3.73. The number of esters is 1. The first-order valence-electron chi connectivity index (χ1n) is 9.33. The summed E-state index contributed by atoms with van der Waals surface area (Å²) in [5.74, 6) is -0.364. The number of nitrogens with zero attached hydrogens (tertiary/aromatic N) is 2. The number of benzene rings is 1. The zero-order chi connectivity index (χ0) is 19.4. The molecule has 3 aromatic heterocycles. The van der Waals surface area contributed by atoms with E-state index in [1.165, 1.54) is 17.9 Å². The summed E-state index contributed by atoms with van der Waals surface area (Å²) < 4.78 is 7.16. The van der Waals surface area contributed by atoms with Gasteiger partial charge in [0.05, 0.1) is 16.8 Å². The van der Waals surface area contributed by atoms with Crippen molar-refractivity contribution in [3.05, 3.63) is 64.2 Å². The van der Waals surface area contributed by atoms with Gasteiger partial charge in [-0.05, 0) is 36.4 Å². The van der Waals surface area contributed by atoms with Gasteiger partial charge in [0, 0.05) is 42.3 Å². The number of ether oxygens (including phenoxy) is 1. The Morgan fingerprint density at radius 2 is 2.04 bits per heavy atom. The third kappa shape index (κ3) is 2.37. The van der Waals surface area contributed by atoms with Gasteiger partial charge in [0.2, 0.25) is 0 Å². The van der Waals surface area contributed by atoms with Gasteiger partial charge in [-0.3, -0.25) is 14.6 Å². The average molecular weight is 373 g/mol. The van der Waals surface area contributed by atoms with E-state index >= 15 is 0 Å². The summed E-state index contributed by atoms with van der Waals surface area (Å²) in [5, 5.41) is 2.51. The van der Waals surface area contributed by atoms with Gasteiger partial charge < -0.3 is 14.3 Å². The molecule has 1 N–H and O–H groups in total. The Labute approximate surface area is 160 Å². The Bertz CT molecular complexity index is 1320. The highest BCUT2D eigenvalue weighted by molar-refractivity contribution is 5.94. The Kier molecular flexibility index (Phi) is 3.62. The first kappa shape index (κ1) is 16.7. The Balaban J connectivity index is 1.80. The van der Waals surface area contributed by atoms with Gasteiger partial charge in [0.1, 0.15) is 6.10 Å². The number of para-hydroxylation sites is 1. The molecule has 0 amide bonds. The molecule has 0 aliphatic carbocycles. The van der Waals surface area contributed by atoms with E-state index < -0.39 is 6.10 Å². The van der Waals surface area contributed by atoms with Gasteiger partial charge >= 0.3 is 5.97 Å². The van der Waals surface area contributed by atoms with Crippen LogP contribution in [0.4, 0.5) is 0 Å². The molecule has 0 radical (unpaired) electrons. The van der Waals surface area contributed by atoms with Crippen molar-refractivity contribution in [3.8, 4) is 11.4 Å². The third-order valence-electron chi connectivity index (χ3n) is 5.50. The maximum atomic E-state index is 13.2. The second kappa shape index (κ2) is 6.05. The van der Waals surface area contributed by atoms with Gasteiger partial charge in [0.25, 0.3) is 5.56 Å². The van der Waals surface area contributed by atoms with Crippen LogP contribution in [0.5, 0.6) is 0 Å². The van der Waals surface area contributed by atoms with Crippen molar-refractivity contribution < 1.29 is 9.53 Å². The molecule has 0 bridgehead atoms. The van der Waals surface area contributed by atoms with Crippen LogP contribution >= 0.6 is 0 Å². The standard InChI is InChI=1S/C22H19N3O3/c1-12(28-13(2)26)17-10-23-11-18-16(17)9-20-21-15(7-8-25(20)22(18)27)14-5-3-4-6-19(14)24-21/h3-6,9-12,24H,7-8H2,1-2H3. The number of H-pyrrole nitrogens is 1. The monoisotopic (exact) mass is 373 g/mol. The highest BCUT2D eigenvalue weighted by Crippen LogP contribution is 2.36. The molecule has 6 heteroatoms. The summed E-state index contributed by atoms with van der Waals surface area (Å²) in [6, 6.07) is 10.2. The fourth-order valence-electron chi connectivity index (χ4n) is 4.26. The minimum Gasteiger partial charge on any atom is -0.458 e. The molecular weight excluding hydrogens is 354 g/mol. The largest absolute Gasteiger partial charge is 0.458 e. The van der Waals surface area contributed by atoms with E-state index in [9.17, 15) is 9.59 Å². The fraction of sp³-hybridized carbons (Fsp3) is 0.227. The summed E-state index contributed by atoms with van der Waals surface area (Å²) in [6.45, 7) is 3.80. The molecule has 1 aromatic carbocycles. The van der Waals surface area contributed by atoms with Crippen LogP contribution in [0.15, 0.2) is 47.5 Å². The third-order valence-corrected chi connectivity index (χ3v) is 5.50. The summed E-state index contributed by atoms with van der Waals surface area (Å²) in [4.78, 5) is 32.3. The molecule has 1 atom stereocenters. The number of hydrogen-bond acceptors (Lipinski definition) is 4. The van der Waals surface area contributed by atoms with Crippen molar-refractivity contribution in [2.24, 2.45) is 0 Å². The normalized spacial score (nSPS) is 13.9. The van der Waals surface area contributed by atoms with Crippen molar-refractivity contribution in [3.63, 3.8) is 0 Å². The van der Waals surface area contributed by atoms with E-state index in [0.29, 0.717) is 11.9 Å². The molecule has 28 heavy (non-hydrogen) atoms. The minimum absolute atomic E-state index is 0.0684. The first-order valence-corrected chi connectivity index (χ1v) is 9.33. The highest BCUT2D eigenvalue weighted by Gasteiger charge is 2.24. The second-order valence-electron chi connectivity index (χ2n) is 7.20. The Hall–Kier alpha value is -3.41. The number of pyridine rings is 2. The average Bonchev–Trinajstić information content (AvgIpc) is 3.06. The number of carbonyl (C=O) groups excluding carboxylic acids is 1. The molecule has 0 fully saturated rings. The van der Waals surface area contributed by atoms with Crippen LogP contribution in [0.25, 0.3) is 33.1 Å². The smallest absolute Gasteiger partial charge is 0.303 e. The molecule has 6 nitrogen and oxygen atoms in total. The van der Waals surface area contributed by atoms with Gasteiger partial charge in [-0.1, -0.05) is 18.2 Å². The number of nitrogens with one attached hydrogen (secondary N) is 1. The number of rotatable bonds is 2. The zero-order valence-electron chi connectivity index (χ0n) is 15.7. The number of aromatic nitrogens is 3. The SMILES string of the molecule is CC(=O)OC(C)c1cncc2c(=O)n3c(cc12)-c1[nH]c2ccccc2c1CC3. The molecule has 1 aliphatic rings. The second-order valence-corrected chi connectivity index (χ2v) is 7.20. The van der Waals surface area contributed by atoms with Gasteiger partial charge in [0.15, 0.2) is 0 Å². The maximum absolute atomic E-state index is 13.2. The minimum atomic E-state index is -0.484. The van der Waals surface area contributed by atoms with Crippen LogP contribution in [0.1, 0.15) is 31.1 Å². The quantitative estimate of drug-likeness (QED) is 0.543. The van der Waals surface area contributed by atoms with Crippen LogP contribution in [0.3, 0.4) is 0 Å². The molecule has 0 saturated heterocycles. The predicted molar refractivity (Wildman–Crippen MR) is 107 cm³/mol. The number of carbonyl (C=O) groups is 1. The zero-order valence-corrected chi connectivity index (χ0v) is 15.7. The molecule has 5 rings (SSSR count). The number of hydrogen-bond donors (Lipinski definition) is 1. The van der Waals surface area contributed by atoms with Crippen LogP contribution < -0.4 is 5.56 Å². The van der Waals surface area contributed by atoms with Crippen molar-refractivity contribution in [2.45, 2.75) is 32.9 Å². The summed E-state index contributed by atoms with van der Waals surface area (Å²) in [7, 11) is 0. The van der Waals surface area contributed by atoms with E-state index in [4.69, 9.17) is 4.74 Å². The maximum Gasteiger partial charge on any atom is 0.303 e. The van der Waals surface area contributed by atoms with E-state index in [1.54, 1.807) is 19.3 Å². The van der Waals surface area contributed by atoms with Gasteiger partial charge in [-0.2, -0.15) is 0 Å². The summed E-state index contributed by atoms with van der Waals surface area (Å²) in [6.07, 6.45) is 3.58. The fourth-order valence-corrected chi connectivity index (χ4v) is 4.26. The lowest BCUT2D eigenvalue weighted by molar-refractivity contribution is -0.145. The van der Waals surface area contributed by atoms with Crippen LogP contribution in [0.2, 0.25) is 0 Å². The molecule has 140 valence electrons. The molecule has 0 spiro atoms. The van der Waals surface area contributed by atoms with Crippen LogP contribution in [0, 0.1) is 0 Å². The topological polar surface area (TPSA) is 77.0 Å². The molecular formula is C22H19N3O3. The molecule has 4 heterocycles. The Morgan fingerprint density at radius 1 is 1.21 bits per heavy atom. The number of aryl methyl sites for hydroxylation is 1. The highest BCUT2D eigenvalue weighted by atomic mass is 16.5. The van der Waals surface area contributed by atoms with Crippen molar-refractivity contribution in [1.29, 1.82) is 0 Å². The molecule has 1 unspecified atom stereocenters. The first-order chi connectivity index (χ1) is 13.5. The number of aromatic amines is 1. The molecule has 4 aromatic rings. The van der Waals surface area contributed by atoms with Gasteiger partial charge in [-0.25, -0.2) is 0 Å². The lowest BCUT2D eigenvalue weighted by Gasteiger charge is -2.21. The van der Waals surface area contributed by atoms with Crippen LogP contribution in [-0.2, 0) is 22.5 Å². The van der Waals surface area contributed by atoms with E-state index in [2.05, 4.69) is 22.1 Å². The van der Waals surface area contributed by atoms with Crippen molar-refractivity contribution in [2.75, 3.05) is 0 Å². The van der Waals surface area contributed by atoms with Gasteiger partial charge in [-0.15, -0.1) is 0 Å². The lowest BCUT2D eigenvalue weighted by atomic mass is 9.98. The van der Waals surface area contributed by atoms with Crippen LogP contribution in [-0.4, -0.2) is 20.5 Å². The van der Waals surface area contributed by atoms with E-state index in [1.807, 2.05) is 22.8 Å². The Morgan fingerprint density at radius 3 is 2.86 bits per heavy atom. The molecule has 0 saturated carbocycles. The van der Waals surface area contributed by atoms with Crippen molar-refractivity contribution >= 4 is 27.6 Å². The molecule has 1 aliphatic heterocycles. The lowest BCUT2D eigenvalue weighted by Crippen LogP contribution is -2.26. The van der Waals surface area contributed by atoms with E-state index in [-0.39, 0.29) is 11.5 Å². The summed E-state index contributed by atoms with van der Waals surface area (Å²) >= 11 is 0. The van der Waals surface area contributed by atoms with E-state index in [0.717, 1.165) is 34.3 Å². The summed E-state index contributed by atoms with van der Waals surface area (Å²) in [5.41, 5.74) is 4.80. The van der Waals surface area contributed by atoms with Crippen molar-refractivity contribution in [1.82, 2.24) is 14.5 Å².